The van der Waals surface area contributed by atoms with Crippen molar-refractivity contribution in [2.45, 2.75) is 0 Å². The van der Waals surface area contributed by atoms with Crippen LogP contribution < -0.4 is 23.9 Å². The lowest BCUT2D eigenvalue weighted by Gasteiger charge is -2.35. The number of hydrogen-bond acceptors (Lipinski definition) is 3. The van der Waals surface area contributed by atoms with Crippen LogP contribution in [0.4, 0.5) is 0 Å². The number of carbonyl (C=O) groups excluding carboxylic acids is 1. The van der Waals surface area contributed by atoms with Gasteiger partial charge in [0, 0.05) is 24.0 Å². The van der Waals surface area contributed by atoms with Crippen molar-refractivity contribution < 1.29 is 21.7 Å². The van der Waals surface area contributed by atoms with Crippen LogP contribution in [-0.2, 0) is 0 Å². The van der Waals surface area contributed by atoms with E-state index in [1.165, 1.54) is 0 Å². The summed E-state index contributed by atoms with van der Waals surface area (Å²) < 4.78 is 0.697. The van der Waals surface area contributed by atoms with E-state index in [1.54, 1.807) is 0 Å². The molecule has 0 atom stereocenters. The molecule has 3 rings (SSSR count). The van der Waals surface area contributed by atoms with Gasteiger partial charge in [0.25, 0.3) is 0 Å². The van der Waals surface area contributed by atoms with E-state index in [2.05, 4.69) is 25.2 Å². The van der Waals surface area contributed by atoms with Crippen LogP contribution in [0.2, 0.25) is 0 Å². The second-order valence-electron chi connectivity index (χ2n) is 6.55. The van der Waals surface area contributed by atoms with Gasteiger partial charge in [-0.25, -0.2) is 0 Å². The standard InChI is InChI=1S/C19H24N3O.ClH/c1-22(10-8-20,11-9-21)13-16-12-15-6-2-4-14-5-3-7-17(18(14)15)19(16)23;/h2-7,12H,8-11,13,20-21H2,1H3;1H/q+1;/p-1. The number of hydrogen-bond donors (Lipinski definition) is 2. The van der Waals surface area contributed by atoms with Gasteiger partial charge in [-0.2, -0.15) is 0 Å². The molecule has 128 valence electrons. The third kappa shape index (κ3) is 3.37. The summed E-state index contributed by atoms with van der Waals surface area (Å²) in [5.41, 5.74) is 14.3. The lowest BCUT2D eigenvalue weighted by molar-refractivity contribution is -0.901. The molecule has 0 saturated heterocycles. The van der Waals surface area contributed by atoms with Gasteiger partial charge < -0.3 is 28.4 Å². The number of halogens is 1. The highest BCUT2D eigenvalue weighted by Crippen LogP contribution is 2.32. The molecular formula is C19H24ClN3O. The van der Waals surface area contributed by atoms with Crippen molar-refractivity contribution in [3.05, 3.63) is 53.1 Å². The molecule has 0 spiro atoms. The fourth-order valence-electron chi connectivity index (χ4n) is 3.53. The number of benzene rings is 2. The molecule has 2 aromatic rings. The number of nitrogens with zero attached hydrogens (tertiary/aromatic N) is 1. The Morgan fingerprint density at radius 3 is 2.25 bits per heavy atom. The second-order valence-corrected chi connectivity index (χ2v) is 6.55. The molecular weight excluding hydrogens is 322 g/mol. The van der Waals surface area contributed by atoms with E-state index in [-0.39, 0.29) is 18.2 Å². The van der Waals surface area contributed by atoms with Gasteiger partial charge in [-0.3, -0.25) is 4.79 Å². The first-order chi connectivity index (χ1) is 11.1. The highest BCUT2D eigenvalue weighted by atomic mass is 35.5. The van der Waals surface area contributed by atoms with Crippen LogP contribution in [0.5, 0.6) is 0 Å². The van der Waals surface area contributed by atoms with Gasteiger partial charge in [-0.05, 0) is 17.0 Å². The fraction of sp³-hybridized carbons (Fsp3) is 0.316. The molecule has 0 unspecified atom stereocenters. The minimum Gasteiger partial charge on any atom is -1.00 e. The maximum atomic E-state index is 12.9. The zero-order valence-corrected chi connectivity index (χ0v) is 14.7. The molecule has 1 aliphatic rings. The highest BCUT2D eigenvalue weighted by Gasteiger charge is 2.29. The number of Topliss-reactive ketones (excluding diaryl/α,β-unsaturated/α-hetero) is 1. The Kier molecular flexibility index (Phi) is 5.78. The number of carbonyl (C=O) groups is 1. The summed E-state index contributed by atoms with van der Waals surface area (Å²) in [6.45, 7) is 3.47. The van der Waals surface area contributed by atoms with Crippen LogP contribution in [0.15, 0.2) is 42.0 Å². The van der Waals surface area contributed by atoms with Crippen LogP contribution in [0.3, 0.4) is 0 Å². The number of ketones is 1. The zero-order valence-electron chi connectivity index (χ0n) is 14.0. The Bertz CT molecular complexity index is 774. The molecule has 0 heterocycles. The van der Waals surface area contributed by atoms with Crippen molar-refractivity contribution in [2.24, 2.45) is 11.5 Å². The van der Waals surface area contributed by atoms with Gasteiger partial charge in [-0.1, -0.05) is 36.4 Å². The molecule has 4 N–H and O–H groups in total. The van der Waals surface area contributed by atoms with Crippen molar-refractivity contribution in [1.82, 2.24) is 0 Å². The monoisotopic (exact) mass is 345 g/mol. The zero-order chi connectivity index (χ0) is 16.4. The molecule has 0 aromatic heterocycles. The van der Waals surface area contributed by atoms with E-state index < -0.39 is 0 Å². The topological polar surface area (TPSA) is 69.1 Å². The Hall–Kier alpha value is -1.72. The summed E-state index contributed by atoms with van der Waals surface area (Å²) >= 11 is 0. The van der Waals surface area contributed by atoms with E-state index in [9.17, 15) is 4.79 Å². The smallest absolute Gasteiger partial charge is 0.195 e. The average molecular weight is 346 g/mol. The quantitative estimate of drug-likeness (QED) is 0.645. The lowest BCUT2D eigenvalue weighted by atomic mass is 9.87. The number of quaternary nitrogens is 1. The minimum atomic E-state index is 0. The Morgan fingerprint density at radius 2 is 1.62 bits per heavy atom. The summed E-state index contributed by atoms with van der Waals surface area (Å²) in [6.07, 6.45) is 2.04. The molecule has 0 amide bonds. The van der Waals surface area contributed by atoms with E-state index in [1.807, 2.05) is 24.3 Å². The van der Waals surface area contributed by atoms with E-state index in [0.29, 0.717) is 24.1 Å². The van der Waals surface area contributed by atoms with Crippen molar-refractivity contribution >= 4 is 22.6 Å². The maximum absolute atomic E-state index is 12.9. The molecule has 0 radical (unpaired) electrons. The van der Waals surface area contributed by atoms with Crippen LogP contribution in [0.1, 0.15) is 15.9 Å². The third-order valence-electron chi connectivity index (χ3n) is 4.69. The van der Waals surface area contributed by atoms with E-state index in [4.69, 9.17) is 11.5 Å². The first kappa shape index (κ1) is 18.6. The van der Waals surface area contributed by atoms with Crippen LogP contribution in [0, 0.1) is 0 Å². The molecule has 2 aromatic carbocycles. The number of nitrogens with two attached hydrogens (primary N) is 2. The summed E-state index contributed by atoms with van der Waals surface area (Å²) in [5.74, 6) is 0.132. The van der Waals surface area contributed by atoms with Gasteiger partial charge in [-0.15, -0.1) is 0 Å². The molecule has 0 saturated carbocycles. The van der Waals surface area contributed by atoms with Gasteiger partial charge in [0.1, 0.15) is 6.54 Å². The normalized spacial score (nSPS) is 13.6. The fourth-order valence-corrected chi connectivity index (χ4v) is 3.53. The van der Waals surface area contributed by atoms with Crippen molar-refractivity contribution in [3.63, 3.8) is 0 Å². The van der Waals surface area contributed by atoms with E-state index >= 15 is 0 Å². The molecule has 4 nitrogen and oxygen atoms in total. The van der Waals surface area contributed by atoms with E-state index in [0.717, 1.165) is 40.6 Å². The van der Waals surface area contributed by atoms with Gasteiger partial charge >= 0.3 is 0 Å². The predicted octanol–water partition coefficient (Wildman–Crippen LogP) is -1.21. The second kappa shape index (κ2) is 7.45. The van der Waals surface area contributed by atoms with Crippen LogP contribution >= 0.6 is 0 Å². The summed E-state index contributed by atoms with van der Waals surface area (Å²) in [5, 5.41) is 2.18. The Balaban J connectivity index is 0.00000208. The third-order valence-corrected chi connectivity index (χ3v) is 4.69. The van der Waals surface area contributed by atoms with Crippen molar-refractivity contribution in [3.8, 4) is 0 Å². The van der Waals surface area contributed by atoms with Crippen molar-refractivity contribution in [1.29, 1.82) is 0 Å². The number of likely N-dealkylation sites (N-methyl/N-ethyl adjacent to an activating group) is 1. The number of rotatable bonds is 6. The van der Waals surface area contributed by atoms with Gasteiger partial charge in [0.05, 0.1) is 25.7 Å². The first-order valence-corrected chi connectivity index (χ1v) is 8.09. The molecule has 0 fully saturated rings. The molecule has 0 aliphatic heterocycles. The predicted molar refractivity (Wildman–Crippen MR) is 95.1 cm³/mol. The van der Waals surface area contributed by atoms with Gasteiger partial charge in [0.15, 0.2) is 5.78 Å². The molecule has 0 bridgehead atoms. The van der Waals surface area contributed by atoms with Crippen LogP contribution in [0.25, 0.3) is 16.8 Å². The molecule has 1 aliphatic carbocycles. The SMILES string of the molecule is C[N+](CCN)(CCN)CC1=Cc2cccc3cccc(c23)C1=O.[Cl-]. The Morgan fingerprint density at radius 1 is 1.00 bits per heavy atom. The summed E-state index contributed by atoms with van der Waals surface area (Å²) in [7, 11) is 2.12. The average Bonchev–Trinajstić information content (AvgIpc) is 2.52. The van der Waals surface area contributed by atoms with Crippen LogP contribution in [-0.4, -0.2) is 50.0 Å². The molecule has 24 heavy (non-hydrogen) atoms. The lowest BCUT2D eigenvalue weighted by Crippen LogP contribution is -3.00. The summed E-state index contributed by atoms with van der Waals surface area (Å²) in [4.78, 5) is 12.9. The molecule has 5 heteroatoms. The largest absolute Gasteiger partial charge is 1.00 e. The highest BCUT2D eigenvalue weighted by molar-refractivity contribution is 6.22. The summed E-state index contributed by atoms with van der Waals surface area (Å²) in [6, 6.07) is 12.1. The van der Waals surface area contributed by atoms with Gasteiger partial charge in [0.2, 0.25) is 0 Å². The Labute approximate surface area is 149 Å². The maximum Gasteiger partial charge on any atom is 0.195 e. The van der Waals surface area contributed by atoms with Crippen molar-refractivity contribution in [2.75, 3.05) is 39.8 Å². The minimum absolute atomic E-state index is 0. The first-order valence-electron chi connectivity index (χ1n) is 8.09.